The first-order valence-corrected chi connectivity index (χ1v) is 7.67. The van der Waals surface area contributed by atoms with E-state index in [4.69, 9.17) is 4.74 Å². The fraction of sp³-hybridized carbons (Fsp3) is 0.294. The van der Waals surface area contributed by atoms with Gasteiger partial charge in [-0.15, -0.1) is 0 Å². The van der Waals surface area contributed by atoms with E-state index in [2.05, 4.69) is 57.6 Å². The summed E-state index contributed by atoms with van der Waals surface area (Å²) in [6.07, 6.45) is 0. The van der Waals surface area contributed by atoms with Gasteiger partial charge < -0.3 is 10.1 Å². The van der Waals surface area contributed by atoms with E-state index in [-0.39, 0.29) is 5.41 Å². The third-order valence-corrected chi connectivity index (χ3v) is 4.55. The van der Waals surface area contributed by atoms with E-state index >= 15 is 0 Å². The highest BCUT2D eigenvalue weighted by atomic mass is 79.9. The molecule has 1 aliphatic rings. The zero-order valence-electron chi connectivity index (χ0n) is 11.3. The summed E-state index contributed by atoms with van der Waals surface area (Å²) in [4.78, 5) is 0. The van der Waals surface area contributed by atoms with Crippen molar-refractivity contribution in [2.45, 2.75) is 12.0 Å². The molecule has 1 saturated heterocycles. The molecule has 2 nitrogen and oxygen atoms in total. The molecule has 0 amide bonds. The monoisotopic (exact) mass is 331 g/mol. The van der Waals surface area contributed by atoms with Crippen LogP contribution >= 0.6 is 15.9 Å². The van der Waals surface area contributed by atoms with E-state index in [1.807, 2.05) is 18.2 Å². The van der Waals surface area contributed by atoms with Gasteiger partial charge in [-0.3, -0.25) is 0 Å². The summed E-state index contributed by atoms with van der Waals surface area (Å²) in [6, 6.07) is 18.8. The van der Waals surface area contributed by atoms with Crippen molar-refractivity contribution in [3.05, 3.63) is 70.2 Å². The van der Waals surface area contributed by atoms with Gasteiger partial charge in [0.25, 0.3) is 0 Å². The summed E-state index contributed by atoms with van der Waals surface area (Å²) in [5.41, 5.74) is 2.67. The average molecular weight is 332 g/mol. The molecule has 0 spiro atoms. The van der Waals surface area contributed by atoms with Crippen LogP contribution in [0.4, 0.5) is 0 Å². The first-order chi connectivity index (χ1) is 9.80. The SMILES string of the molecule is Brc1ccccc1C1(COCc2ccccc2)CNC1. The molecule has 0 radical (unpaired) electrons. The van der Waals surface area contributed by atoms with Gasteiger partial charge in [-0.25, -0.2) is 0 Å². The minimum absolute atomic E-state index is 0.106. The molecule has 3 heteroatoms. The van der Waals surface area contributed by atoms with Crippen LogP contribution in [0.3, 0.4) is 0 Å². The lowest BCUT2D eigenvalue weighted by Crippen LogP contribution is -2.59. The van der Waals surface area contributed by atoms with E-state index in [0.29, 0.717) is 6.61 Å². The van der Waals surface area contributed by atoms with E-state index < -0.39 is 0 Å². The van der Waals surface area contributed by atoms with Crippen LogP contribution in [0.25, 0.3) is 0 Å². The molecule has 1 N–H and O–H groups in total. The molecule has 1 heterocycles. The minimum Gasteiger partial charge on any atom is -0.376 e. The summed E-state index contributed by atoms with van der Waals surface area (Å²) in [5, 5.41) is 3.38. The molecule has 0 atom stereocenters. The van der Waals surface area contributed by atoms with Gasteiger partial charge in [0.15, 0.2) is 0 Å². The molecule has 1 aliphatic heterocycles. The first kappa shape index (κ1) is 13.8. The Morgan fingerprint density at radius 2 is 1.70 bits per heavy atom. The Kier molecular flexibility index (Phi) is 4.20. The van der Waals surface area contributed by atoms with Gasteiger partial charge >= 0.3 is 0 Å². The maximum Gasteiger partial charge on any atom is 0.0717 e. The molecule has 1 fully saturated rings. The van der Waals surface area contributed by atoms with E-state index in [0.717, 1.165) is 19.7 Å². The molecule has 0 bridgehead atoms. The second-order valence-electron chi connectivity index (χ2n) is 5.34. The Balaban J connectivity index is 1.67. The van der Waals surface area contributed by atoms with Crippen LogP contribution < -0.4 is 5.32 Å². The van der Waals surface area contributed by atoms with Gasteiger partial charge in [0.1, 0.15) is 0 Å². The molecule has 2 aromatic rings. The van der Waals surface area contributed by atoms with Crippen molar-refractivity contribution in [3.63, 3.8) is 0 Å². The number of halogens is 1. The Bertz CT molecular complexity index is 566. The van der Waals surface area contributed by atoms with E-state index in [9.17, 15) is 0 Å². The number of ether oxygens (including phenoxy) is 1. The van der Waals surface area contributed by atoms with Crippen molar-refractivity contribution in [2.75, 3.05) is 19.7 Å². The molecule has 3 rings (SSSR count). The molecule has 0 saturated carbocycles. The average Bonchev–Trinajstić information content (AvgIpc) is 2.44. The molecule has 0 aromatic heterocycles. The fourth-order valence-electron chi connectivity index (χ4n) is 2.63. The summed E-state index contributed by atoms with van der Waals surface area (Å²) < 4.78 is 7.15. The van der Waals surface area contributed by atoms with Crippen LogP contribution in [-0.2, 0) is 16.8 Å². The number of nitrogens with one attached hydrogen (secondary N) is 1. The van der Waals surface area contributed by atoms with Crippen molar-refractivity contribution in [2.24, 2.45) is 0 Å². The molecular formula is C17H18BrNO. The molecule has 104 valence electrons. The minimum atomic E-state index is 0.106. The fourth-order valence-corrected chi connectivity index (χ4v) is 3.33. The molecule has 0 unspecified atom stereocenters. The highest BCUT2D eigenvalue weighted by Gasteiger charge is 2.40. The molecule has 2 aromatic carbocycles. The van der Waals surface area contributed by atoms with Crippen molar-refractivity contribution >= 4 is 15.9 Å². The summed E-state index contributed by atoms with van der Waals surface area (Å²) in [7, 11) is 0. The topological polar surface area (TPSA) is 21.3 Å². The van der Waals surface area contributed by atoms with Gasteiger partial charge in [0, 0.05) is 23.0 Å². The Morgan fingerprint density at radius 3 is 2.35 bits per heavy atom. The molecular weight excluding hydrogens is 314 g/mol. The lowest BCUT2D eigenvalue weighted by molar-refractivity contribution is 0.0469. The number of benzene rings is 2. The highest BCUT2D eigenvalue weighted by molar-refractivity contribution is 9.10. The number of hydrogen-bond donors (Lipinski definition) is 1. The van der Waals surface area contributed by atoms with Crippen LogP contribution in [0, 0.1) is 0 Å². The van der Waals surface area contributed by atoms with Crippen molar-refractivity contribution < 1.29 is 4.74 Å². The predicted octanol–water partition coefficient (Wildman–Crippen LogP) is 3.51. The standard InChI is InChI=1S/C17H18BrNO/c18-16-9-5-4-8-15(16)17(11-19-12-17)13-20-10-14-6-2-1-3-7-14/h1-9,19H,10-13H2. The van der Waals surface area contributed by atoms with Crippen LogP contribution in [0.2, 0.25) is 0 Å². The van der Waals surface area contributed by atoms with Crippen molar-refractivity contribution in [3.8, 4) is 0 Å². The maximum absolute atomic E-state index is 5.98. The zero-order valence-corrected chi connectivity index (χ0v) is 12.9. The summed E-state index contributed by atoms with van der Waals surface area (Å²) in [6.45, 7) is 3.37. The second-order valence-corrected chi connectivity index (χ2v) is 6.20. The normalized spacial score (nSPS) is 16.6. The predicted molar refractivity (Wildman–Crippen MR) is 84.8 cm³/mol. The third kappa shape index (κ3) is 2.80. The van der Waals surface area contributed by atoms with E-state index in [1.165, 1.54) is 15.6 Å². The molecule has 0 aliphatic carbocycles. The quantitative estimate of drug-likeness (QED) is 0.905. The zero-order chi connectivity index (χ0) is 13.8. The third-order valence-electron chi connectivity index (χ3n) is 3.86. The summed E-state index contributed by atoms with van der Waals surface area (Å²) >= 11 is 3.66. The van der Waals surface area contributed by atoms with Gasteiger partial charge in [0.05, 0.1) is 13.2 Å². The number of hydrogen-bond acceptors (Lipinski definition) is 2. The Morgan fingerprint density at radius 1 is 1.00 bits per heavy atom. The van der Waals surface area contributed by atoms with Crippen molar-refractivity contribution in [1.82, 2.24) is 5.32 Å². The molecule has 20 heavy (non-hydrogen) atoms. The van der Waals surface area contributed by atoms with Crippen LogP contribution in [0.1, 0.15) is 11.1 Å². The summed E-state index contributed by atoms with van der Waals surface area (Å²) in [5.74, 6) is 0. The van der Waals surface area contributed by atoms with Gasteiger partial charge in [0.2, 0.25) is 0 Å². The first-order valence-electron chi connectivity index (χ1n) is 6.88. The largest absolute Gasteiger partial charge is 0.376 e. The lowest BCUT2D eigenvalue weighted by atomic mass is 9.76. The van der Waals surface area contributed by atoms with Gasteiger partial charge in [-0.2, -0.15) is 0 Å². The van der Waals surface area contributed by atoms with Crippen LogP contribution in [-0.4, -0.2) is 19.7 Å². The number of rotatable bonds is 5. The van der Waals surface area contributed by atoms with Gasteiger partial charge in [-0.1, -0.05) is 64.5 Å². The van der Waals surface area contributed by atoms with Crippen LogP contribution in [0.5, 0.6) is 0 Å². The lowest BCUT2D eigenvalue weighted by Gasteiger charge is -2.43. The highest BCUT2D eigenvalue weighted by Crippen LogP contribution is 2.34. The van der Waals surface area contributed by atoms with Crippen LogP contribution in [0.15, 0.2) is 59.1 Å². The van der Waals surface area contributed by atoms with E-state index in [1.54, 1.807) is 0 Å². The Labute approximate surface area is 128 Å². The smallest absolute Gasteiger partial charge is 0.0717 e. The van der Waals surface area contributed by atoms with Gasteiger partial charge in [-0.05, 0) is 17.2 Å². The Hall–Kier alpha value is -1.16. The maximum atomic E-state index is 5.98. The van der Waals surface area contributed by atoms with Crippen molar-refractivity contribution in [1.29, 1.82) is 0 Å². The second kappa shape index (κ2) is 6.08.